The van der Waals surface area contributed by atoms with Crippen LogP contribution in [-0.2, 0) is 0 Å². The summed E-state index contributed by atoms with van der Waals surface area (Å²) in [4.78, 5) is 4.88. The first-order valence-electron chi connectivity index (χ1n) is 19.7. The van der Waals surface area contributed by atoms with Crippen molar-refractivity contribution < 1.29 is 0 Å². The molecule has 12 rings (SSSR count). The predicted molar refractivity (Wildman–Crippen MR) is 254 cm³/mol. The molecule has 0 unspecified atom stereocenters. The molecule has 0 saturated carbocycles. The maximum absolute atomic E-state index is 2.45. The summed E-state index contributed by atoms with van der Waals surface area (Å²) in [5, 5.41) is 12.5. The van der Waals surface area contributed by atoms with Gasteiger partial charge in [-0.05, 0) is 106 Å². The summed E-state index contributed by atoms with van der Waals surface area (Å²) in [5.41, 5.74) is 6.83. The molecule has 2 aromatic heterocycles. The Balaban J connectivity index is 1.11. The van der Waals surface area contributed by atoms with Gasteiger partial charge in [0.25, 0.3) is 0 Å². The first-order valence-corrected chi connectivity index (χ1v) is 21.3. The van der Waals surface area contributed by atoms with Crippen LogP contribution in [-0.4, -0.2) is 0 Å². The highest BCUT2D eigenvalue weighted by molar-refractivity contribution is 7.26. The molecule has 58 heavy (non-hydrogen) atoms. The molecule has 12 aromatic rings. The quantitative estimate of drug-likeness (QED) is 0.155. The Labute approximate surface area is 343 Å². The number of para-hydroxylation sites is 2. The highest BCUT2D eigenvalue weighted by atomic mass is 32.1. The molecular weight excluding hydrogens is 741 g/mol. The van der Waals surface area contributed by atoms with Gasteiger partial charge in [-0.25, -0.2) is 0 Å². The fraction of sp³-hybridized carbons (Fsp3) is 0. The summed E-state index contributed by atoms with van der Waals surface area (Å²) in [6.45, 7) is 0. The van der Waals surface area contributed by atoms with Gasteiger partial charge in [-0.1, -0.05) is 121 Å². The van der Waals surface area contributed by atoms with Gasteiger partial charge in [-0.2, -0.15) is 0 Å². The molecule has 0 saturated heterocycles. The lowest BCUT2D eigenvalue weighted by atomic mass is 9.94. The van der Waals surface area contributed by atoms with Crippen LogP contribution in [0, 0.1) is 0 Å². The Kier molecular flexibility index (Phi) is 7.62. The third-order valence-electron chi connectivity index (χ3n) is 11.6. The zero-order chi connectivity index (χ0) is 38.2. The SMILES string of the molecule is c1ccc(N(c2ccc3sc4ccccc4c3c2)c2cc3c4cccc(N(c5ccccc5)c5ccc6sc7ccccc7c6c5)c4ccc3c3ccccc23)cc1. The lowest BCUT2D eigenvalue weighted by molar-refractivity contribution is 1.30. The first kappa shape index (κ1) is 33.2. The van der Waals surface area contributed by atoms with Crippen molar-refractivity contribution in [2.45, 2.75) is 0 Å². The predicted octanol–water partition coefficient (Wildman–Crippen LogP) is 16.8. The molecule has 0 aliphatic heterocycles. The highest BCUT2D eigenvalue weighted by Crippen LogP contribution is 2.48. The zero-order valence-corrected chi connectivity index (χ0v) is 33.0. The molecule has 2 heterocycles. The molecule has 4 heteroatoms. The maximum atomic E-state index is 2.45. The van der Waals surface area contributed by atoms with Crippen molar-refractivity contribution in [1.82, 2.24) is 0 Å². The standard InChI is InChI=1S/C54H34N2S2/c1-3-14-35(15-4-1)55(37-26-30-53-47(32-37)44-20-9-11-24-51(44)57-53)49-23-13-22-40-43(49)29-28-41-39-18-7-8-19-42(39)50(34-46(40)41)56(36-16-5-2-6-17-36)38-27-31-54-48(33-38)45-21-10-12-25-52(45)58-54/h1-34H. The summed E-state index contributed by atoms with van der Waals surface area (Å²) in [7, 11) is 0. The smallest absolute Gasteiger partial charge is 0.0546 e. The largest absolute Gasteiger partial charge is 0.310 e. The summed E-state index contributed by atoms with van der Waals surface area (Å²) in [6.07, 6.45) is 0. The second-order valence-electron chi connectivity index (χ2n) is 14.9. The molecule has 0 aliphatic carbocycles. The van der Waals surface area contributed by atoms with Crippen molar-refractivity contribution in [3.8, 4) is 0 Å². The van der Waals surface area contributed by atoms with E-state index in [0.29, 0.717) is 0 Å². The van der Waals surface area contributed by atoms with E-state index in [2.05, 4.69) is 216 Å². The zero-order valence-electron chi connectivity index (χ0n) is 31.3. The average Bonchev–Trinajstić information content (AvgIpc) is 3.85. The maximum Gasteiger partial charge on any atom is 0.0546 e. The highest BCUT2D eigenvalue weighted by Gasteiger charge is 2.22. The number of hydrogen-bond acceptors (Lipinski definition) is 4. The molecule has 0 amide bonds. The monoisotopic (exact) mass is 774 g/mol. The van der Waals surface area contributed by atoms with E-state index in [1.807, 2.05) is 22.7 Å². The fourth-order valence-corrected chi connectivity index (χ4v) is 11.2. The molecule has 0 aliphatic rings. The lowest BCUT2D eigenvalue weighted by Gasteiger charge is -2.29. The van der Waals surface area contributed by atoms with Gasteiger partial charge in [-0.15, -0.1) is 22.7 Å². The van der Waals surface area contributed by atoms with Crippen molar-refractivity contribution in [2.75, 3.05) is 9.80 Å². The number of anilines is 6. The normalized spacial score (nSPS) is 11.8. The summed E-state index contributed by atoms with van der Waals surface area (Å²) in [6, 6.07) is 75.8. The molecule has 0 radical (unpaired) electrons. The third-order valence-corrected chi connectivity index (χ3v) is 13.9. The molecule has 10 aromatic carbocycles. The van der Waals surface area contributed by atoms with Gasteiger partial charge in [0.05, 0.1) is 11.4 Å². The van der Waals surface area contributed by atoms with Crippen molar-refractivity contribution in [1.29, 1.82) is 0 Å². The van der Waals surface area contributed by atoms with Gasteiger partial charge in [0.1, 0.15) is 0 Å². The third kappa shape index (κ3) is 5.23. The van der Waals surface area contributed by atoms with E-state index in [0.717, 1.165) is 34.1 Å². The molecule has 272 valence electrons. The van der Waals surface area contributed by atoms with E-state index in [1.165, 1.54) is 72.7 Å². The van der Waals surface area contributed by atoms with Crippen molar-refractivity contribution in [3.63, 3.8) is 0 Å². The van der Waals surface area contributed by atoms with E-state index in [1.54, 1.807) is 0 Å². The van der Waals surface area contributed by atoms with Crippen LogP contribution in [0.2, 0.25) is 0 Å². The summed E-state index contributed by atoms with van der Waals surface area (Å²) in [5.74, 6) is 0. The minimum Gasteiger partial charge on any atom is -0.310 e. The Morgan fingerprint density at radius 3 is 1.24 bits per heavy atom. The number of fused-ring (bicyclic) bond motifs is 11. The molecular formula is C54H34N2S2. The topological polar surface area (TPSA) is 6.48 Å². The lowest BCUT2D eigenvalue weighted by Crippen LogP contribution is -2.11. The van der Waals surface area contributed by atoms with E-state index in [4.69, 9.17) is 0 Å². The minimum atomic E-state index is 1.12. The number of thiophene rings is 2. The first-order chi connectivity index (χ1) is 28.8. The van der Waals surface area contributed by atoms with Crippen LogP contribution in [0.15, 0.2) is 206 Å². The summed E-state index contributed by atoms with van der Waals surface area (Å²) < 4.78 is 5.23. The Hall–Kier alpha value is -6.98. The van der Waals surface area contributed by atoms with Crippen LogP contribution >= 0.6 is 22.7 Å². The molecule has 0 bridgehead atoms. The van der Waals surface area contributed by atoms with E-state index < -0.39 is 0 Å². The van der Waals surface area contributed by atoms with Crippen LogP contribution in [0.1, 0.15) is 0 Å². The number of hydrogen-bond donors (Lipinski definition) is 0. The van der Waals surface area contributed by atoms with Gasteiger partial charge in [0, 0.05) is 73.9 Å². The van der Waals surface area contributed by atoms with Gasteiger partial charge >= 0.3 is 0 Å². The van der Waals surface area contributed by atoms with Crippen molar-refractivity contribution >= 4 is 129 Å². The second-order valence-corrected chi connectivity index (χ2v) is 17.0. The van der Waals surface area contributed by atoms with E-state index in [-0.39, 0.29) is 0 Å². The van der Waals surface area contributed by atoms with Crippen LogP contribution in [0.5, 0.6) is 0 Å². The molecule has 0 atom stereocenters. The van der Waals surface area contributed by atoms with Crippen LogP contribution in [0.3, 0.4) is 0 Å². The van der Waals surface area contributed by atoms with Crippen LogP contribution < -0.4 is 9.80 Å². The van der Waals surface area contributed by atoms with Gasteiger partial charge in [0.15, 0.2) is 0 Å². The van der Waals surface area contributed by atoms with Crippen molar-refractivity contribution in [2.24, 2.45) is 0 Å². The van der Waals surface area contributed by atoms with Gasteiger partial charge < -0.3 is 9.80 Å². The number of nitrogens with zero attached hydrogens (tertiary/aromatic N) is 2. The Bertz CT molecular complexity index is 3530. The van der Waals surface area contributed by atoms with Crippen LogP contribution in [0.4, 0.5) is 34.1 Å². The van der Waals surface area contributed by atoms with Crippen LogP contribution in [0.25, 0.3) is 72.7 Å². The summed E-state index contributed by atoms with van der Waals surface area (Å²) >= 11 is 3.72. The average molecular weight is 775 g/mol. The van der Waals surface area contributed by atoms with E-state index in [9.17, 15) is 0 Å². The Morgan fingerprint density at radius 2 is 0.638 bits per heavy atom. The minimum absolute atomic E-state index is 1.12. The second kappa shape index (κ2) is 13.3. The molecule has 0 fully saturated rings. The van der Waals surface area contributed by atoms with Gasteiger partial charge in [-0.3, -0.25) is 0 Å². The number of benzene rings is 10. The molecule has 0 N–H and O–H groups in total. The fourth-order valence-electron chi connectivity index (χ4n) is 9.01. The molecule has 2 nitrogen and oxygen atoms in total. The van der Waals surface area contributed by atoms with Gasteiger partial charge in [0.2, 0.25) is 0 Å². The molecule has 0 spiro atoms. The Morgan fingerprint density at radius 1 is 0.224 bits per heavy atom. The van der Waals surface area contributed by atoms with E-state index >= 15 is 0 Å². The number of rotatable bonds is 6. The van der Waals surface area contributed by atoms with Crippen molar-refractivity contribution in [3.05, 3.63) is 206 Å².